The van der Waals surface area contributed by atoms with Gasteiger partial charge in [-0.1, -0.05) is 32.0 Å². The Kier molecular flexibility index (Phi) is 6.01. The summed E-state index contributed by atoms with van der Waals surface area (Å²) in [5.74, 6) is -1.51. The largest absolute Gasteiger partial charge is 0.326 e. The molecule has 3 heterocycles. The Morgan fingerprint density at radius 2 is 1.90 bits per heavy atom. The number of pyridine rings is 1. The number of fused-ring (bicyclic) bond motifs is 3. The normalized spacial score (nSPS) is 22.7. The lowest BCUT2D eigenvalue weighted by Crippen LogP contribution is -2.50. The number of nitrogens with one attached hydrogen (secondary N) is 2. The van der Waals surface area contributed by atoms with E-state index in [-0.39, 0.29) is 29.5 Å². The van der Waals surface area contributed by atoms with Crippen LogP contribution < -0.4 is 10.6 Å². The van der Waals surface area contributed by atoms with Gasteiger partial charge in [-0.25, -0.2) is 13.8 Å². The van der Waals surface area contributed by atoms with Crippen molar-refractivity contribution in [1.82, 2.24) is 9.88 Å². The fraction of sp³-hybridized carbons (Fsp3) is 0.355. The van der Waals surface area contributed by atoms with Crippen molar-refractivity contribution in [1.29, 1.82) is 0 Å². The molecule has 9 heteroatoms. The molecule has 0 saturated carbocycles. The summed E-state index contributed by atoms with van der Waals surface area (Å²) < 4.78 is 29.0. The number of hydrogen-bond donors (Lipinski definition) is 2. The van der Waals surface area contributed by atoms with Gasteiger partial charge in [0.05, 0.1) is 11.5 Å². The monoisotopic (exact) mass is 544 g/mol. The maximum absolute atomic E-state index is 15.1. The highest BCUT2D eigenvalue weighted by Crippen LogP contribution is 2.47. The lowest BCUT2D eigenvalue weighted by atomic mass is 9.78. The Morgan fingerprint density at radius 3 is 2.70 bits per heavy atom. The molecule has 6 rings (SSSR count). The van der Waals surface area contributed by atoms with Gasteiger partial charge in [0.1, 0.15) is 24.0 Å². The molecule has 1 saturated heterocycles. The number of hydrogen-bond acceptors (Lipinski definition) is 4. The van der Waals surface area contributed by atoms with Crippen LogP contribution in [-0.4, -0.2) is 34.2 Å². The van der Waals surface area contributed by atoms with Crippen LogP contribution >= 0.6 is 0 Å². The molecule has 0 bridgehead atoms. The van der Waals surface area contributed by atoms with Crippen LogP contribution in [0.4, 0.5) is 20.3 Å². The molecule has 2 aromatic carbocycles. The molecule has 1 aliphatic carbocycles. The Labute approximate surface area is 231 Å². The zero-order chi connectivity index (χ0) is 28.4. The summed E-state index contributed by atoms with van der Waals surface area (Å²) in [5.41, 5.74) is 2.09. The summed E-state index contributed by atoms with van der Waals surface area (Å²) in [7, 11) is 0. The molecule has 3 amide bonds. The van der Waals surface area contributed by atoms with Gasteiger partial charge in [0, 0.05) is 34.0 Å². The van der Waals surface area contributed by atoms with Crippen molar-refractivity contribution in [3.63, 3.8) is 0 Å². The van der Waals surface area contributed by atoms with Crippen LogP contribution in [0, 0.1) is 24.0 Å². The van der Waals surface area contributed by atoms with Gasteiger partial charge in [0.25, 0.3) is 0 Å². The minimum absolute atomic E-state index is 0.0801. The molecule has 7 nitrogen and oxygen atoms in total. The summed E-state index contributed by atoms with van der Waals surface area (Å²) in [6.07, 6.45) is 3.65. The lowest BCUT2D eigenvalue weighted by Gasteiger charge is -2.43. The van der Waals surface area contributed by atoms with Gasteiger partial charge >= 0.3 is 0 Å². The minimum atomic E-state index is -0.717. The summed E-state index contributed by atoms with van der Waals surface area (Å²) in [4.78, 5) is 45.4. The van der Waals surface area contributed by atoms with E-state index in [4.69, 9.17) is 0 Å². The fourth-order valence-corrected chi connectivity index (χ4v) is 6.44. The highest BCUT2D eigenvalue weighted by Gasteiger charge is 2.51. The van der Waals surface area contributed by atoms with E-state index in [1.54, 1.807) is 12.3 Å². The molecule has 0 radical (unpaired) electrons. The molecule has 3 aromatic rings. The van der Waals surface area contributed by atoms with Crippen molar-refractivity contribution < 1.29 is 23.2 Å². The number of amides is 3. The average molecular weight is 545 g/mol. The third-order valence-corrected chi connectivity index (χ3v) is 8.75. The second-order valence-corrected chi connectivity index (χ2v) is 11.8. The lowest BCUT2D eigenvalue weighted by molar-refractivity contribution is -0.150. The topological polar surface area (TPSA) is 91.4 Å². The fourth-order valence-electron chi connectivity index (χ4n) is 6.44. The van der Waals surface area contributed by atoms with Gasteiger partial charge in [-0.15, -0.1) is 0 Å². The minimum Gasteiger partial charge on any atom is -0.326 e. The number of halogens is 2. The smallest absolute Gasteiger partial charge is 0.244 e. The predicted molar refractivity (Wildman–Crippen MR) is 146 cm³/mol. The number of anilines is 2. The molecule has 1 spiro atoms. The van der Waals surface area contributed by atoms with Crippen LogP contribution in [0.25, 0.3) is 0 Å². The Morgan fingerprint density at radius 1 is 1.12 bits per heavy atom. The molecule has 3 aliphatic rings. The SMILES string of the molecule is Cc1c(F)ccc(C2CCC(C)(C)C(=O)N2CC(=O)Nc2ccc3c(c2)CC2(C3)C(=O)Nc3ncccc32)c1F. The van der Waals surface area contributed by atoms with Crippen LogP contribution in [0.5, 0.6) is 0 Å². The Balaban J connectivity index is 1.23. The maximum atomic E-state index is 15.1. The van der Waals surface area contributed by atoms with Crippen LogP contribution in [0.2, 0.25) is 0 Å². The first-order chi connectivity index (χ1) is 19.0. The number of carbonyl (C=O) groups is 3. The molecule has 2 aliphatic heterocycles. The number of likely N-dealkylation sites (tertiary alicyclic amines) is 1. The molecule has 40 heavy (non-hydrogen) atoms. The first-order valence-electron chi connectivity index (χ1n) is 13.4. The van der Waals surface area contributed by atoms with E-state index in [1.165, 1.54) is 24.0 Å². The number of aromatic nitrogens is 1. The van der Waals surface area contributed by atoms with E-state index in [2.05, 4.69) is 15.6 Å². The molecule has 2 atom stereocenters. The summed E-state index contributed by atoms with van der Waals surface area (Å²) >= 11 is 0. The zero-order valence-corrected chi connectivity index (χ0v) is 22.6. The van der Waals surface area contributed by atoms with Crippen LogP contribution in [-0.2, 0) is 32.6 Å². The maximum Gasteiger partial charge on any atom is 0.244 e. The third kappa shape index (κ3) is 4.06. The highest BCUT2D eigenvalue weighted by atomic mass is 19.1. The second-order valence-electron chi connectivity index (χ2n) is 11.8. The van der Waals surface area contributed by atoms with Crippen molar-refractivity contribution in [2.75, 3.05) is 17.2 Å². The summed E-state index contributed by atoms with van der Waals surface area (Å²) in [6, 6.07) is 11.2. The highest BCUT2D eigenvalue weighted by molar-refractivity contribution is 6.06. The van der Waals surface area contributed by atoms with E-state index < -0.39 is 34.4 Å². The molecule has 1 fully saturated rings. The van der Waals surface area contributed by atoms with E-state index in [9.17, 15) is 18.8 Å². The number of carbonyl (C=O) groups excluding carboxylic acids is 3. The zero-order valence-electron chi connectivity index (χ0n) is 22.6. The van der Waals surface area contributed by atoms with E-state index in [0.717, 1.165) is 16.7 Å². The van der Waals surface area contributed by atoms with Gasteiger partial charge in [-0.2, -0.15) is 0 Å². The van der Waals surface area contributed by atoms with Gasteiger partial charge in [0.15, 0.2) is 0 Å². The summed E-state index contributed by atoms with van der Waals surface area (Å²) in [6.45, 7) is 4.71. The molecular formula is C31H30F2N4O3. The van der Waals surface area contributed by atoms with Crippen molar-refractivity contribution >= 4 is 29.2 Å². The third-order valence-electron chi connectivity index (χ3n) is 8.75. The Hall–Kier alpha value is -4.14. The quantitative estimate of drug-likeness (QED) is 0.485. The van der Waals surface area contributed by atoms with Crippen molar-refractivity contribution in [3.05, 3.63) is 88.1 Å². The van der Waals surface area contributed by atoms with Crippen LogP contribution in [0.3, 0.4) is 0 Å². The number of piperidine rings is 1. The molecular weight excluding hydrogens is 514 g/mol. The van der Waals surface area contributed by atoms with Crippen molar-refractivity contribution in [3.8, 4) is 0 Å². The molecule has 1 aromatic heterocycles. The first kappa shape index (κ1) is 26.1. The van der Waals surface area contributed by atoms with Gasteiger partial charge in [-0.3, -0.25) is 14.4 Å². The standard InChI is InChI=1S/C31H30F2N4O3/c1-17-23(32)9-8-21(26(17)33)24-10-11-30(2,3)29(40)37(24)16-25(38)35-20-7-6-18-14-31(15-19(18)13-20)22-5-4-12-34-27(22)36-28(31)39/h4-9,12-13,24H,10-11,14-16H2,1-3H3,(H,35,38)(H,34,36,39). The number of rotatable bonds is 4. The van der Waals surface area contributed by atoms with E-state index in [0.29, 0.717) is 37.2 Å². The van der Waals surface area contributed by atoms with Gasteiger partial charge < -0.3 is 15.5 Å². The van der Waals surface area contributed by atoms with Crippen LogP contribution in [0.15, 0.2) is 48.7 Å². The van der Waals surface area contributed by atoms with Crippen molar-refractivity contribution in [2.45, 2.75) is 57.9 Å². The Bertz CT molecular complexity index is 1590. The first-order valence-corrected chi connectivity index (χ1v) is 13.4. The second kappa shape index (κ2) is 9.21. The van der Waals surface area contributed by atoms with Gasteiger partial charge in [0.2, 0.25) is 17.7 Å². The van der Waals surface area contributed by atoms with E-state index >= 15 is 4.39 Å². The van der Waals surface area contributed by atoms with Crippen LogP contribution in [0.1, 0.15) is 60.5 Å². The number of benzene rings is 2. The molecule has 2 N–H and O–H groups in total. The van der Waals surface area contributed by atoms with Gasteiger partial charge in [-0.05, 0) is 68.0 Å². The summed E-state index contributed by atoms with van der Waals surface area (Å²) in [5, 5.41) is 5.78. The van der Waals surface area contributed by atoms with E-state index in [1.807, 2.05) is 38.1 Å². The number of nitrogens with zero attached hydrogens (tertiary/aromatic N) is 2. The molecule has 206 valence electrons. The molecule has 2 unspecified atom stereocenters. The predicted octanol–water partition coefficient (Wildman–Crippen LogP) is 4.99. The average Bonchev–Trinajstić information content (AvgIpc) is 3.43. The van der Waals surface area contributed by atoms with Crippen molar-refractivity contribution in [2.24, 2.45) is 5.41 Å².